The molecule has 33 heavy (non-hydrogen) atoms. The Hall–Kier alpha value is -3.92. The van der Waals surface area contributed by atoms with Gasteiger partial charge in [-0.05, 0) is 29.8 Å². The van der Waals surface area contributed by atoms with Crippen LogP contribution in [0.3, 0.4) is 0 Å². The highest BCUT2D eigenvalue weighted by molar-refractivity contribution is 6.31. The molecule has 4 aromatic rings. The number of piperazine rings is 1. The fourth-order valence-corrected chi connectivity index (χ4v) is 3.86. The number of fused-ring (bicyclic) bond motifs is 2. The molecule has 3 heterocycles. The molecule has 0 unspecified atom stereocenters. The maximum absolute atomic E-state index is 12.6. The number of nitrogens with two attached hydrogens (primary N) is 1. The van der Waals surface area contributed by atoms with Crippen molar-refractivity contribution >= 4 is 51.4 Å². The summed E-state index contributed by atoms with van der Waals surface area (Å²) in [5.74, 6) is 0.500. The molecule has 2 aromatic heterocycles. The van der Waals surface area contributed by atoms with Crippen LogP contribution in [0.2, 0.25) is 5.02 Å². The van der Waals surface area contributed by atoms with Crippen molar-refractivity contribution in [1.82, 2.24) is 24.8 Å². The SMILES string of the molecule is Nc1ncnc2cc(CN3CCN(C(=O)OCc4nc5ccc(Cl)cc5o4)CC3=O)ccc12. The smallest absolute Gasteiger partial charge is 0.410 e. The molecule has 0 spiro atoms. The number of hydrogen-bond donors (Lipinski definition) is 1. The Balaban J connectivity index is 1.17. The lowest BCUT2D eigenvalue weighted by Crippen LogP contribution is -2.51. The van der Waals surface area contributed by atoms with Crippen LogP contribution in [0.5, 0.6) is 0 Å². The average Bonchev–Trinajstić information content (AvgIpc) is 3.21. The molecule has 2 amide bonds. The van der Waals surface area contributed by atoms with Crippen molar-refractivity contribution in [3.05, 3.63) is 59.2 Å². The number of anilines is 1. The molecule has 10 nitrogen and oxygen atoms in total. The van der Waals surface area contributed by atoms with Gasteiger partial charge in [-0.1, -0.05) is 17.7 Å². The lowest BCUT2D eigenvalue weighted by molar-refractivity contribution is -0.136. The van der Waals surface area contributed by atoms with Gasteiger partial charge >= 0.3 is 6.09 Å². The lowest BCUT2D eigenvalue weighted by atomic mass is 10.1. The molecule has 168 valence electrons. The van der Waals surface area contributed by atoms with Crippen LogP contribution in [0.15, 0.2) is 47.1 Å². The Bertz CT molecular complexity index is 1370. The summed E-state index contributed by atoms with van der Waals surface area (Å²) >= 11 is 5.94. The fourth-order valence-electron chi connectivity index (χ4n) is 3.70. The normalized spacial score (nSPS) is 14.3. The van der Waals surface area contributed by atoms with Crippen molar-refractivity contribution in [2.24, 2.45) is 0 Å². The van der Waals surface area contributed by atoms with E-state index in [0.29, 0.717) is 41.6 Å². The van der Waals surface area contributed by atoms with Crippen molar-refractivity contribution in [2.45, 2.75) is 13.2 Å². The number of oxazole rings is 1. The molecule has 2 N–H and O–H groups in total. The van der Waals surface area contributed by atoms with E-state index < -0.39 is 6.09 Å². The van der Waals surface area contributed by atoms with Crippen LogP contribution < -0.4 is 5.73 Å². The van der Waals surface area contributed by atoms with Crippen LogP contribution >= 0.6 is 11.6 Å². The summed E-state index contributed by atoms with van der Waals surface area (Å²) in [6.07, 6.45) is 0.814. The van der Waals surface area contributed by atoms with Gasteiger partial charge in [0, 0.05) is 36.1 Å². The number of hydrogen-bond acceptors (Lipinski definition) is 8. The first-order valence-corrected chi connectivity index (χ1v) is 10.6. The predicted molar refractivity (Wildman–Crippen MR) is 120 cm³/mol. The molecule has 0 atom stereocenters. The molecule has 1 fully saturated rings. The second kappa shape index (κ2) is 8.55. The van der Waals surface area contributed by atoms with Crippen LogP contribution in [0.25, 0.3) is 22.0 Å². The number of carbonyl (C=O) groups is 2. The first-order valence-electron chi connectivity index (χ1n) is 10.2. The van der Waals surface area contributed by atoms with Gasteiger partial charge in [-0.2, -0.15) is 0 Å². The van der Waals surface area contributed by atoms with Gasteiger partial charge in [0.15, 0.2) is 12.2 Å². The minimum absolute atomic E-state index is 0.0648. The zero-order valence-electron chi connectivity index (χ0n) is 17.4. The van der Waals surface area contributed by atoms with E-state index in [0.717, 1.165) is 16.5 Å². The van der Waals surface area contributed by atoms with Crippen LogP contribution in [0.1, 0.15) is 11.5 Å². The standard InChI is InChI=1S/C22H19ClN6O4/c23-14-2-4-16-18(8-14)33-19(27-16)11-32-22(31)29-6-5-28(20(30)10-29)9-13-1-3-15-17(7-13)25-12-26-21(15)24/h1-4,7-8,12H,5-6,9-11H2,(H2,24,25,26). The van der Waals surface area contributed by atoms with E-state index in [1.807, 2.05) is 18.2 Å². The second-order valence-electron chi connectivity index (χ2n) is 7.62. The van der Waals surface area contributed by atoms with Crippen molar-refractivity contribution in [2.75, 3.05) is 25.4 Å². The van der Waals surface area contributed by atoms with E-state index in [9.17, 15) is 9.59 Å². The molecule has 11 heteroatoms. The minimum Gasteiger partial charge on any atom is -0.439 e. The number of ether oxygens (including phenoxy) is 1. The number of nitrogen functional groups attached to an aromatic ring is 1. The highest BCUT2D eigenvalue weighted by atomic mass is 35.5. The van der Waals surface area contributed by atoms with Gasteiger partial charge in [-0.3, -0.25) is 9.69 Å². The second-order valence-corrected chi connectivity index (χ2v) is 8.06. The van der Waals surface area contributed by atoms with Gasteiger partial charge in [0.25, 0.3) is 0 Å². The van der Waals surface area contributed by atoms with Gasteiger partial charge in [0.2, 0.25) is 11.8 Å². The molecule has 0 saturated carbocycles. The molecule has 1 aliphatic rings. The molecular weight excluding hydrogens is 448 g/mol. The third-order valence-corrected chi connectivity index (χ3v) is 5.63. The van der Waals surface area contributed by atoms with E-state index in [-0.39, 0.29) is 24.9 Å². The van der Waals surface area contributed by atoms with Crippen LogP contribution in [-0.4, -0.2) is 56.4 Å². The van der Waals surface area contributed by atoms with Crippen LogP contribution in [-0.2, 0) is 22.7 Å². The summed E-state index contributed by atoms with van der Waals surface area (Å²) in [7, 11) is 0. The topological polar surface area (TPSA) is 128 Å². The van der Waals surface area contributed by atoms with Crippen molar-refractivity contribution in [1.29, 1.82) is 0 Å². The van der Waals surface area contributed by atoms with Crippen molar-refractivity contribution in [3.8, 4) is 0 Å². The molecule has 0 aliphatic carbocycles. The van der Waals surface area contributed by atoms with Gasteiger partial charge < -0.3 is 19.8 Å². The Kier molecular flexibility index (Phi) is 5.43. The number of aromatic nitrogens is 3. The van der Waals surface area contributed by atoms with E-state index in [4.69, 9.17) is 26.5 Å². The third kappa shape index (κ3) is 4.37. The summed E-state index contributed by atoms with van der Waals surface area (Å²) in [5, 5.41) is 1.29. The number of benzene rings is 2. The molecule has 2 aromatic carbocycles. The first kappa shape index (κ1) is 21.0. The highest BCUT2D eigenvalue weighted by Crippen LogP contribution is 2.21. The summed E-state index contributed by atoms with van der Waals surface area (Å²) < 4.78 is 10.8. The Morgan fingerprint density at radius 1 is 1.15 bits per heavy atom. The summed E-state index contributed by atoms with van der Waals surface area (Å²) in [6, 6.07) is 10.7. The van der Waals surface area contributed by atoms with Crippen LogP contribution in [0, 0.1) is 0 Å². The Morgan fingerprint density at radius 3 is 2.88 bits per heavy atom. The van der Waals surface area contributed by atoms with Gasteiger partial charge in [0.05, 0.1) is 5.52 Å². The van der Waals surface area contributed by atoms with E-state index in [1.54, 1.807) is 23.1 Å². The number of nitrogens with zero attached hydrogens (tertiary/aromatic N) is 5. The van der Waals surface area contributed by atoms with Crippen molar-refractivity contribution < 1.29 is 18.7 Å². The third-order valence-electron chi connectivity index (χ3n) is 5.40. The summed E-state index contributed by atoms with van der Waals surface area (Å²) in [5.41, 5.74) is 8.64. The van der Waals surface area contributed by atoms with Gasteiger partial charge in [0.1, 0.15) is 24.2 Å². The maximum atomic E-state index is 12.6. The highest BCUT2D eigenvalue weighted by Gasteiger charge is 2.28. The molecule has 1 aliphatic heterocycles. The van der Waals surface area contributed by atoms with Crippen LogP contribution in [0.4, 0.5) is 10.6 Å². The number of carbonyl (C=O) groups excluding carboxylic acids is 2. The quantitative estimate of drug-likeness (QED) is 0.486. The summed E-state index contributed by atoms with van der Waals surface area (Å²) in [4.78, 5) is 40.6. The minimum atomic E-state index is -0.596. The number of amides is 2. The monoisotopic (exact) mass is 466 g/mol. The zero-order chi connectivity index (χ0) is 22.9. The maximum Gasteiger partial charge on any atom is 0.410 e. The zero-order valence-corrected chi connectivity index (χ0v) is 18.2. The lowest BCUT2D eigenvalue weighted by Gasteiger charge is -2.33. The Labute approximate surface area is 192 Å². The average molecular weight is 467 g/mol. The van der Waals surface area contributed by atoms with Crippen molar-refractivity contribution in [3.63, 3.8) is 0 Å². The fraction of sp³-hybridized carbons (Fsp3) is 0.227. The molecule has 5 rings (SSSR count). The number of halogens is 1. The molecule has 0 radical (unpaired) electrons. The first-order chi connectivity index (χ1) is 16.0. The molecule has 1 saturated heterocycles. The van der Waals surface area contributed by atoms with E-state index in [2.05, 4.69) is 15.0 Å². The van der Waals surface area contributed by atoms with Gasteiger partial charge in [-0.25, -0.2) is 19.7 Å². The Morgan fingerprint density at radius 2 is 2.03 bits per heavy atom. The predicted octanol–water partition coefficient (Wildman–Crippen LogP) is 2.99. The van der Waals surface area contributed by atoms with E-state index >= 15 is 0 Å². The largest absolute Gasteiger partial charge is 0.439 e. The summed E-state index contributed by atoms with van der Waals surface area (Å²) in [6.45, 7) is 0.953. The van der Waals surface area contributed by atoms with Gasteiger partial charge in [-0.15, -0.1) is 0 Å². The number of rotatable bonds is 4. The molecule has 0 bridgehead atoms. The molecular formula is C22H19ClN6O4. The van der Waals surface area contributed by atoms with E-state index in [1.165, 1.54) is 11.2 Å².